The van der Waals surface area contributed by atoms with E-state index in [4.69, 9.17) is 10.7 Å². The Morgan fingerprint density at radius 1 is 0.681 bits per heavy atom. The Balaban J connectivity index is 0.00000159. The minimum Gasteiger partial charge on any atom is -0.398 e. The Morgan fingerprint density at radius 3 is 2.23 bits per heavy atom. The number of aliphatic imine (C=N–C) groups is 1. The van der Waals surface area contributed by atoms with Crippen molar-refractivity contribution in [1.82, 2.24) is 0 Å². The first-order chi connectivity index (χ1) is 23.2. The van der Waals surface area contributed by atoms with Gasteiger partial charge in [0.25, 0.3) is 0 Å². The molecule has 0 bridgehead atoms. The van der Waals surface area contributed by atoms with E-state index in [0.717, 1.165) is 46.1 Å². The standard InChI is InChI=1S/C42H30N2S.C2H6/c43-40-30-15-5-4-11-27(30)20-21-36(40)41(28-12-2-1-3-13-28)44-25-26-10-8-14-29(24-26)31-22-23-35-33-17-7-6-16-32(33)34-18-9-19-37-38(34)39(35)42(31)45-37;1-2/h1-5,8-24H,6-7,25,43H2;1-2H3. The summed E-state index contributed by atoms with van der Waals surface area (Å²) in [5, 5.41) is 10.6. The second kappa shape index (κ2) is 12.2. The molecule has 1 aliphatic carbocycles. The van der Waals surface area contributed by atoms with E-state index < -0.39 is 0 Å². The zero-order valence-electron chi connectivity index (χ0n) is 26.8. The Bertz CT molecular complexity index is 2570. The van der Waals surface area contributed by atoms with Crippen molar-refractivity contribution >= 4 is 76.6 Å². The zero-order chi connectivity index (χ0) is 31.9. The lowest BCUT2D eigenvalue weighted by molar-refractivity contribution is 1.07. The molecular formula is C44H36N2S. The lowest BCUT2D eigenvalue weighted by atomic mass is 9.92. The van der Waals surface area contributed by atoms with Gasteiger partial charge in [0.05, 0.1) is 12.3 Å². The topological polar surface area (TPSA) is 38.4 Å². The molecule has 0 fully saturated rings. The van der Waals surface area contributed by atoms with Crippen LogP contribution in [-0.4, -0.2) is 5.71 Å². The molecule has 228 valence electrons. The molecule has 9 rings (SSSR count). The van der Waals surface area contributed by atoms with E-state index in [0.29, 0.717) is 6.54 Å². The van der Waals surface area contributed by atoms with Crippen LogP contribution < -0.4 is 16.2 Å². The maximum atomic E-state index is 6.79. The van der Waals surface area contributed by atoms with Gasteiger partial charge in [-0.25, -0.2) is 0 Å². The molecule has 1 aliphatic rings. The fourth-order valence-electron chi connectivity index (χ4n) is 7.22. The van der Waals surface area contributed by atoms with Crippen LogP contribution >= 0.6 is 11.3 Å². The molecule has 3 heteroatoms. The van der Waals surface area contributed by atoms with Crippen LogP contribution in [-0.2, 0) is 6.54 Å². The van der Waals surface area contributed by atoms with E-state index in [1.54, 1.807) is 0 Å². The van der Waals surface area contributed by atoms with Crippen LogP contribution in [0.25, 0.3) is 65.0 Å². The molecular weight excluding hydrogens is 589 g/mol. The molecule has 2 nitrogen and oxygen atoms in total. The minimum atomic E-state index is 0.559. The van der Waals surface area contributed by atoms with Crippen molar-refractivity contribution in [3.05, 3.63) is 148 Å². The van der Waals surface area contributed by atoms with Gasteiger partial charge in [0, 0.05) is 42.4 Å². The summed E-state index contributed by atoms with van der Waals surface area (Å²) in [4.78, 5) is 5.24. The summed E-state index contributed by atoms with van der Waals surface area (Å²) in [5.74, 6) is 0. The van der Waals surface area contributed by atoms with Gasteiger partial charge in [0.1, 0.15) is 0 Å². The first-order valence-corrected chi connectivity index (χ1v) is 17.4. The van der Waals surface area contributed by atoms with Crippen molar-refractivity contribution in [2.24, 2.45) is 4.99 Å². The molecule has 0 spiro atoms. The number of thiophene rings is 1. The predicted molar refractivity (Wildman–Crippen MR) is 206 cm³/mol. The van der Waals surface area contributed by atoms with E-state index >= 15 is 0 Å². The van der Waals surface area contributed by atoms with E-state index in [-0.39, 0.29) is 0 Å². The van der Waals surface area contributed by atoms with Crippen LogP contribution in [0.3, 0.4) is 0 Å². The van der Waals surface area contributed by atoms with Crippen molar-refractivity contribution in [3.63, 3.8) is 0 Å². The predicted octanol–water partition coefficient (Wildman–Crippen LogP) is 10.5. The van der Waals surface area contributed by atoms with Gasteiger partial charge in [-0.2, -0.15) is 0 Å². The second-order valence-corrected chi connectivity index (χ2v) is 13.0. The van der Waals surface area contributed by atoms with E-state index in [1.165, 1.54) is 58.1 Å². The average Bonchev–Trinajstić information content (AvgIpc) is 3.54. The van der Waals surface area contributed by atoms with Gasteiger partial charge in [0.2, 0.25) is 0 Å². The van der Waals surface area contributed by atoms with Gasteiger partial charge in [-0.05, 0) is 68.3 Å². The summed E-state index contributed by atoms with van der Waals surface area (Å²) >= 11 is 1.92. The lowest BCUT2D eigenvalue weighted by Gasteiger charge is -2.13. The SMILES string of the molecule is CC.Nc1c(C(=NCc2cccc(-c3ccc4c5c(c6cccc7sc3c4c76)=CCCC=5)c2)c2ccccc2)ccc2ccccc12. The van der Waals surface area contributed by atoms with Crippen molar-refractivity contribution < 1.29 is 0 Å². The summed E-state index contributed by atoms with van der Waals surface area (Å²) in [7, 11) is 0. The smallest absolute Gasteiger partial charge is 0.0743 e. The number of nitrogen functional groups attached to an aromatic ring is 1. The van der Waals surface area contributed by atoms with Crippen molar-refractivity contribution in [2.45, 2.75) is 33.2 Å². The number of hydrogen-bond acceptors (Lipinski definition) is 3. The summed E-state index contributed by atoms with van der Waals surface area (Å²) in [6, 6.07) is 43.3. The first kappa shape index (κ1) is 29.2. The molecule has 7 aromatic carbocycles. The zero-order valence-corrected chi connectivity index (χ0v) is 27.6. The van der Waals surface area contributed by atoms with Gasteiger partial charge in [-0.1, -0.05) is 135 Å². The average molecular weight is 625 g/mol. The van der Waals surface area contributed by atoms with Crippen molar-refractivity contribution in [1.29, 1.82) is 0 Å². The van der Waals surface area contributed by atoms with Crippen LogP contribution in [0.1, 0.15) is 43.4 Å². The fraction of sp³-hybridized carbons (Fsp3) is 0.114. The van der Waals surface area contributed by atoms with E-state index in [9.17, 15) is 0 Å². The third-order valence-electron chi connectivity index (χ3n) is 9.31. The van der Waals surface area contributed by atoms with Gasteiger partial charge >= 0.3 is 0 Å². The van der Waals surface area contributed by atoms with Crippen molar-refractivity contribution in [3.8, 4) is 11.1 Å². The third kappa shape index (κ3) is 4.90. The monoisotopic (exact) mass is 624 g/mol. The number of benzene rings is 7. The largest absolute Gasteiger partial charge is 0.398 e. The molecule has 1 heterocycles. The number of anilines is 1. The summed E-state index contributed by atoms with van der Waals surface area (Å²) < 4.78 is 2.73. The Labute approximate surface area is 279 Å². The number of hydrogen-bond donors (Lipinski definition) is 1. The molecule has 0 amide bonds. The Morgan fingerprint density at radius 2 is 1.40 bits per heavy atom. The molecule has 0 saturated carbocycles. The van der Waals surface area contributed by atoms with E-state index in [1.807, 2.05) is 43.4 Å². The van der Waals surface area contributed by atoms with Gasteiger partial charge < -0.3 is 5.73 Å². The van der Waals surface area contributed by atoms with Crippen LogP contribution in [0.4, 0.5) is 5.69 Å². The highest BCUT2D eigenvalue weighted by molar-refractivity contribution is 7.26. The first-order valence-electron chi connectivity index (χ1n) is 16.6. The quantitative estimate of drug-likeness (QED) is 0.115. The number of rotatable bonds is 5. The summed E-state index contributed by atoms with van der Waals surface area (Å²) in [6.45, 7) is 4.56. The number of fused-ring (bicyclic) bond motifs is 4. The highest BCUT2D eigenvalue weighted by Gasteiger charge is 2.18. The van der Waals surface area contributed by atoms with Gasteiger partial charge in [-0.15, -0.1) is 11.3 Å². The maximum absolute atomic E-state index is 6.79. The van der Waals surface area contributed by atoms with Crippen LogP contribution in [0.15, 0.2) is 126 Å². The van der Waals surface area contributed by atoms with Gasteiger partial charge in [-0.3, -0.25) is 4.99 Å². The lowest BCUT2D eigenvalue weighted by Crippen LogP contribution is -2.28. The summed E-state index contributed by atoms with van der Waals surface area (Å²) in [5.41, 5.74) is 14.2. The number of nitrogens with two attached hydrogens (primary N) is 1. The van der Waals surface area contributed by atoms with Crippen LogP contribution in [0.2, 0.25) is 0 Å². The highest BCUT2D eigenvalue weighted by Crippen LogP contribution is 2.43. The Kier molecular flexibility index (Phi) is 7.55. The summed E-state index contributed by atoms with van der Waals surface area (Å²) in [6.07, 6.45) is 7.10. The normalized spacial score (nSPS) is 12.9. The molecule has 0 atom stereocenters. The highest BCUT2D eigenvalue weighted by atomic mass is 32.1. The van der Waals surface area contributed by atoms with Crippen molar-refractivity contribution in [2.75, 3.05) is 5.73 Å². The Hall–Kier alpha value is -5.25. The molecule has 0 aliphatic heterocycles. The third-order valence-corrected chi connectivity index (χ3v) is 10.5. The molecule has 0 radical (unpaired) electrons. The fourth-order valence-corrected chi connectivity index (χ4v) is 8.51. The van der Waals surface area contributed by atoms with E-state index in [2.05, 4.69) is 115 Å². The molecule has 47 heavy (non-hydrogen) atoms. The molecule has 0 saturated heterocycles. The molecule has 1 aromatic heterocycles. The molecule has 8 aromatic rings. The van der Waals surface area contributed by atoms with Gasteiger partial charge in [0.15, 0.2) is 0 Å². The van der Waals surface area contributed by atoms with Crippen LogP contribution in [0, 0.1) is 0 Å². The molecule has 0 unspecified atom stereocenters. The number of nitrogens with zero attached hydrogens (tertiary/aromatic N) is 1. The van der Waals surface area contributed by atoms with Crippen LogP contribution in [0.5, 0.6) is 0 Å². The minimum absolute atomic E-state index is 0.559. The molecule has 2 N–H and O–H groups in total. The second-order valence-electron chi connectivity index (χ2n) is 11.9. The maximum Gasteiger partial charge on any atom is 0.0743 e.